The van der Waals surface area contributed by atoms with Crippen LogP contribution in [0.2, 0.25) is 5.04 Å². The second kappa shape index (κ2) is 9.83. The molecule has 2 heterocycles. The molecule has 1 aliphatic rings. The molecule has 0 amide bonds. The van der Waals surface area contributed by atoms with Crippen LogP contribution in [0.15, 0.2) is 91.1 Å². The van der Waals surface area contributed by atoms with Gasteiger partial charge in [-0.2, -0.15) is 0 Å². The van der Waals surface area contributed by atoms with Crippen molar-refractivity contribution in [2.75, 3.05) is 6.61 Å². The number of nitrogens with zero attached hydrogens (tertiary/aromatic N) is 1. The zero-order valence-corrected chi connectivity index (χ0v) is 24.8. The summed E-state index contributed by atoms with van der Waals surface area (Å²) < 4.78 is 22.2. The Labute approximate surface area is 229 Å². The molecule has 0 radical (unpaired) electrons. The van der Waals surface area contributed by atoms with Crippen LogP contribution in [-0.4, -0.2) is 37.8 Å². The maximum Gasteiger partial charge on any atom is 0.495 e. The van der Waals surface area contributed by atoms with E-state index in [1.807, 2.05) is 0 Å². The van der Waals surface area contributed by atoms with Gasteiger partial charge in [0.25, 0.3) is 8.32 Å². The molecule has 1 aliphatic heterocycles. The van der Waals surface area contributed by atoms with Crippen molar-refractivity contribution in [3.05, 3.63) is 91.1 Å². The lowest BCUT2D eigenvalue weighted by Crippen LogP contribution is -2.66. The van der Waals surface area contributed by atoms with Crippen molar-refractivity contribution in [2.24, 2.45) is 0 Å². The molecule has 5 rings (SSSR count). The Bertz CT molecular complexity index is 1340. The van der Waals surface area contributed by atoms with Gasteiger partial charge >= 0.3 is 7.12 Å². The number of hydrogen-bond acceptors (Lipinski definition) is 3. The summed E-state index contributed by atoms with van der Waals surface area (Å²) in [5, 5.41) is 3.73. The topological polar surface area (TPSA) is 32.6 Å². The maximum atomic E-state index is 7.14. The van der Waals surface area contributed by atoms with Gasteiger partial charge in [-0.25, -0.2) is 0 Å². The molecule has 1 aromatic heterocycles. The summed E-state index contributed by atoms with van der Waals surface area (Å²) in [4.78, 5) is 0. The van der Waals surface area contributed by atoms with Crippen LogP contribution in [0.25, 0.3) is 10.9 Å². The maximum absolute atomic E-state index is 7.14. The predicted octanol–water partition coefficient (Wildman–Crippen LogP) is 5.52. The molecule has 4 nitrogen and oxygen atoms in total. The molecule has 0 saturated carbocycles. The van der Waals surface area contributed by atoms with Crippen molar-refractivity contribution in [1.82, 2.24) is 4.57 Å². The van der Waals surface area contributed by atoms with Gasteiger partial charge in [0.05, 0.1) is 17.8 Å². The summed E-state index contributed by atoms with van der Waals surface area (Å²) in [6.45, 7) is 16.7. The third kappa shape index (κ3) is 4.58. The van der Waals surface area contributed by atoms with Crippen molar-refractivity contribution in [1.29, 1.82) is 0 Å². The highest BCUT2D eigenvalue weighted by Gasteiger charge is 2.52. The van der Waals surface area contributed by atoms with Gasteiger partial charge in [-0.15, -0.1) is 0 Å². The molecule has 0 atom stereocenters. The summed E-state index contributed by atoms with van der Waals surface area (Å²) in [5.41, 5.74) is 1.51. The molecule has 1 saturated heterocycles. The summed E-state index contributed by atoms with van der Waals surface area (Å²) >= 11 is 0. The van der Waals surface area contributed by atoms with Gasteiger partial charge in [-0.05, 0) is 66.1 Å². The molecule has 1 fully saturated rings. The molecule has 0 unspecified atom stereocenters. The largest absolute Gasteiger partial charge is 0.495 e. The van der Waals surface area contributed by atoms with Gasteiger partial charge in [-0.1, -0.05) is 93.6 Å². The summed E-state index contributed by atoms with van der Waals surface area (Å²) in [6.07, 6.45) is 2.16. The van der Waals surface area contributed by atoms with Crippen LogP contribution in [0.3, 0.4) is 0 Å². The first-order valence-electron chi connectivity index (χ1n) is 13.6. The fraction of sp³-hybridized carbons (Fsp3) is 0.375. The van der Waals surface area contributed by atoms with Gasteiger partial charge in [0.1, 0.15) is 0 Å². The van der Waals surface area contributed by atoms with Gasteiger partial charge in [0.15, 0.2) is 0 Å². The third-order valence-electron chi connectivity index (χ3n) is 8.42. The van der Waals surface area contributed by atoms with Crippen molar-refractivity contribution in [3.8, 4) is 0 Å². The Hall–Kier alpha value is -2.64. The number of hydrogen-bond donors (Lipinski definition) is 0. The molecule has 3 aromatic carbocycles. The number of benzene rings is 3. The predicted molar refractivity (Wildman–Crippen MR) is 161 cm³/mol. The minimum atomic E-state index is -2.57. The molecular weight excluding hydrogens is 485 g/mol. The lowest BCUT2D eigenvalue weighted by atomic mass is 9.77. The number of aromatic nitrogens is 1. The van der Waals surface area contributed by atoms with Crippen LogP contribution in [0.4, 0.5) is 0 Å². The lowest BCUT2D eigenvalue weighted by Gasteiger charge is -2.43. The van der Waals surface area contributed by atoms with E-state index in [-0.39, 0.29) is 23.4 Å². The number of rotatable bonds is 7. The summed E-state index contributed by atoms with van der Waals surface area (Å²) in [7, 11) is -2.95. The van der Waals surface area contributed by atoms with Crippen LogP contribution in [-0.2, 0) is 20.3 Å². The second-order valence-corrected chi connectivity index (χ2v) is 16.7. The Balaban J connectivity index is 1.44. The van der Waals surface area contributed by atoms with E-state index in [1.165, 1.54) is 15.9 Å². The minimum Gasteiger partial charge on any atom is -0.406 e. The Morgan fingerprint density at radius 1 is 0.763 bits per heavy atom. The summed E-state index contributed by atoms with van der Waals surface area (Å²) in [6, 6.07) is 30.2. The minimum absolute atomic E-state index is 0.0433. The smallest absolute Gasteiger partial charge is 0.406 e. The molecule has 38 heavy (non-hydrogen) atoms. The Morgan fingerprint density at radius 2 is 1.32 bits per heavy atom. The normalized spacial score (nSPS) is 17.3. The van der Waals surface area contributed by atoms with Crippen LogP contribution in [0, 0.1) is 0 Å². The average molecular weight is 526 g/mol. The van der Waals surface area contributed by atoms with Gasteiger partial charge < -0.3 is 18.3 Å². The number of fused-ring (bicyclic) bond motifs is 1. The quantitative estimate of drug-likeness (QED) is 0.298. The lowest BCUT2D eigenvalue weighted by molar-refractivity contribution is 0.00578. The molecule has 0 N–H and O–H groups in total. The van der Waals surface area contributed by atoms with E-state index in [2.05, 4.69) is 144 Å². The highest BCUT2D eigenvalue weighted by atomic mass is 28.4. The molecule has 4 aromatic rings. The zero-order chi connectivity index (χ0) is 27.2. The molecule has 0 aliphatic carbocycles. The first kappa shape index (κ1) is 26.9. The fourth-order valence-electron chi connectivity index (χ4n) is 5.68. The summed E-state index contributed by atoms with van der Waals surface area (Å²) in [5.74, 6) is 0. The van der Waals surface area contributed by atoms with Gasteiger partial charge in [0.2, 0.25) is 0 Å². The molecule has 0 spiro atoms. The van der Waals surface area contributed by atoms with E-state index in [1.54, 1.807) is 0 Å². The first-order valence-corrected chi connectivity index (χ1v) is 15.6. The van der Waals surface area contributed by atoms with Crippen molar-refractivity contribution >= 4 is 42.2 Å². The molecule has 198 valence electrons. The fourth-order valence-corrected chi connectivity index (χ4v) is 10.2. The van der Waals surface area contributed by atoms with Crippen LogP contribution in [0.1, 0.15) is 48.5 Å². The van der Waals surface area contributed by atoms with Gasteiger partial charge in [0, 0.05) is 18.3 Å². The molecule has 0 bridgehead atoms. The van der Waals surface area contributed by atoms with E-state index in [4.69, 9.17) is 13.7 Å². The molecular formula is C32H40BNO3Si. The van der Waals surface area contributed by atoms with E-state index in [0.717, 1.165) is 17.4 Å². The van der Waals surface area contributed by atoms with Crippen LogP contribution in [0.5, 0.6) is 0 Å². The van der Waals surface area contributed by atoms with Crippen molar-refractivity contribution in [3.63, 3.8) is 0 Å². The SMILES string of the molecule is CC1(C)OB(c2cccc3c2ccn3CCO[Si](c2ccccc2)(c2ccccc2)C(C)(C)C)OC1(C)C. The standard InChI is InChI=1S/C32H40BNO3Si/c1-30(2,3)38(25-15-10-8-11-16-25,26-17-12-9-13-18-26)35-24-23-34-22-21-27-28(19-14-20-29(27)34)33-36-31(4,5)32(6,7)37-33/h8-22H,23-24H2,1-7H3. The molecule has 6 heteroatoms. The Morgan fingerprint density at radius 3 is 1.84 bits per heavy atom. The zero-order valence-electron chi connectivity index (χ0n) is 23.8. The third-order valence-corrected chi connectivity index (χ3v) is 13.5. The second-order valence-electron chi connectivity index (χ2n) is 12.4. The van der Waals surface area contributed by atoms with Crippen LogP contribution >= 0.6 is 0 Å². The van der Waals surface area contributed by atoms with Crippen molar-refractivity contribution in [2.45, 2.75) is 71.3 Å². The van der Waals surface area contributed by atoms with E-state index in [9.17, 15) is 0 Å². The van der Waals surface area contributed by atoms with E-state index in [0.29, 0.717) is 6.61 Å². The van der Waals surface area contributed by atoms with Crippen LogP contribution < -0.4 is 15.8 Å². The first-order chi connectivity index (χ1) is 18.0. The van der Waals surface area contributed by atoms with E-state index >= 15 is 0 Å². The highest BCUT2D eigenvalue weighted by Crippen LogP contribution is 2.38. The van der Waals surface area contributed by atoms with Gasteiger partial charge in [-0.3, -0.25) is 0 Å². The van der Waals surface area contributed by atoms with Crippen molar-refractivity contribution < 1.29 is 13.7 Å². The van der Waals surface area contributed by atoms with E-state index < -0.39 is 8.32 Å². The average Bonchev–Trinajstić information content (AvgIpc) is 3.38. The highest BCUT2D eigenvalue weighted by molar-refractivity contribution is 6.99. The monoisotopic (exact) mass is 525 g/mol. The Kier molecular flexibility index (Phi) is 6.97.